The zero-order valence-electron chi connectivity index (χ0n) is 17.9. The first-order valence-electron chi connectivity index (χ1n) is 11.0. The van der Waals surface area contributed by atoms with Gasteiger partial charge in [0, 0.05) is 38.4 Å². The molecule has 0 radical (unpaired) electrons. The fraction of sp³-hybridized carbons (Fsp3) is 0.522. The first-order valence-corrected chi connectivity index (χ1v) is 11.0. The van der Waals surface area contributed by atoms with Crippen molar-refractivity contribution in [2.24, 2.45) is 28.7 Å². The lowest BCUT2D eigenvalue weighted by atomic mass is 9.85. The van der Waals surface area contributed by atoms with Crippen LogP contribution in [0.3, 0.4) is 0 Å². The van der Waals surface area contributed by atoms with E-state index in [1.807, 2.05) is 37.3 Å². The third-order valence-corrected chi connectivity index (χ3v) is 6.24. The first kappa shape index (κ1) is 23.6. The predicted molar refractivity (Wildman–Crippen MR) is 133 cm³/mol. The second kappa shape index (κ2) is 11.0. The maximum atomic E-state index is 12.7. The van der Waals surface area contributed by atoms with Crippen LogP contribution in [0.25, 0.3) is 0 Å². The van der Waals surface area contributed by atoms with Gasteiger partial charge in [0.2, 0.25) is 11.8 Å². The van der Waals surface area contributed by atoms with Crippen LogP contribution < -0.4 is 16.0 Å². The number of aliphatic imine (C=N–C) groups is 1. The quantitative estimate of drug-likeness (QED) is 0.113. The molecule has 4 atom stereocenters. The summed E-state index contributed by atoms with van der Waals surface area (Å²) < 4.78 is 0. The standard InChI is InChI=1S/C23H31N5O2.HI/c1-2-24-23(26-12-6-11-25-18-7-4-3-5-8-18)27-13-14-28-21(29)19-16-9-10-17(15-16)20(19)22(28)30;/h3-5,7-10,16-17,19-20,25H,2,6,11-15H2,1H3,(H2,24,26,27);1H. The molecule has 1 heterocycles. The van der Waals surface area contributed by atoms with Crippen molar-refractivity contribution in [3.63, 3.8) is 0 Å². The Morgan fingerprint density at radius 3 is 2.35 bits per heavy atom. The molecule has 2 bridgehead atoms. The highest BCUT2D eigenvalue weighted by Crippen LogP contribution is 2.52. The number of anilines is 1. The van der Waals surface area contributed by atoms with E-state index >= 15 is 0 Å². The van der Waals surface area contributed by atoms with E-state index in [2.05, 4.69) is 33.1 Å². The molecular weight excluding hydrogens is 505 g/mol. The van der Waals surface area contributed by atoms with Gasteiger partial charge in [0.25, 0.3) is 0 Å². The number of hydrogen-bond donors (Lipinski definition) is 3. The molecule has 7 nitrogen and oxygen atoms in total. The van der Waals surface area contributed by atoms with Crippen LogP contribution in [0.4, 0.5) is 5.69 Å². The van der Waals surface area contributed by atoms with Crippen LogP contribution >= 0.6 is 24.0 Å². The number of halogens is 1. The number of carbonyl (C=O) groups is 2. The molecule has 0 spiro atoms. The van der Waals surface area contributed by atoms with Gasteiger partial charge >= 0.3 is 0 Å². The second-order valence-corrected chi connectivity index (χ2v) is 8.16. The second-order valence-electron chi connectivity index (χ2n) is 8.16. The minimum absolute atomic E-state index is 0. The lowest BCUT2D eigenvalue weighted by Crippen LogP contribution is -2.43. The lowest BCUT2D eigenvalue weighted by molar-refractivity contribution is -0.140. The Morgan fingerprint density at radius 2 is 1.71 bits per heavy atom. The lowest BCUT2D eigenvalue weighted by Gasteiger charge is -2.18. The smallest absolute Gasteiger partial charge is 0.233 e. The summed E-state index contributed by atoms with van der Waals surface area (Å²) in [5, 5.41) is 9.86. The van der Waals surface area contributed by atoms with Gasteiger partial charge in [-0.2, -0.15) is 0 Å². The molecular formula is C23H32IN5O2. The van der Waals surface area contributed by atoms with Gasteiger partial charge in [-0.25, -0.2) is 0 Å². The molecule has 0 aromatic heterocycles. The number of fused-ring (bicyclic) bond motifs is 5. The van der Waals surface area contributed by atoms with Crippen LogP contribution in [0.5, 0.6) is 0 Å². The third kappa shape index (κ3) is 5.22. The molecule has 1 aliphatic heterocycles. The van der Waals surface area contributed by atoms with Crippen molar-refractivity contribution in [3.8, 4) is 0 Å². The van der Waals surface area contributed by atoms with Crippen LogP contribution in [0.1, 0.15) is 19.8 Å². The van der Waals surface area contributed by atoms with Gasteiger partial charge in [0.05, 0.1) is 11.8 Å². The number of guanidine groups is 1. The summed E-state index contributed by atoms with van der Waals surface area (Å²) in [5.41, 5.74) is 1.11. The Hall–Kier alpha value is -2.10. The molecule has 4 unspecified atom stereocenters. The molecule has 2 amide bonds. The van der Waals surface area contributed by atoms with E-state index in [1.54, 1.807) is 0 Å². The Balaban J connectivity index is 0.00000272. The van der Waals surface area contributed by atoms with Gasteiger partial charge in [-0.3, -0.25) is 19.5 Å². The van der Waals surface area contributed by atoms with Crippen molar-refractivity contribution in [2.45, 2.75) is 19.8 Å². The summed E-state index contributed by atoms with van der Waals surface area (Å²) in [5.74, 6) is 1.03. The van der Waals surface area contributed by atoms with E-state index in [1.165, 1.54) is 4.90 Å². The molecule has 1 saturated heterocycles. The van der Waals surface area contributed by atoms with E-state index in [-0.39, 0.29) is 59.5 Å². The minimum atomic E-state index is -0.119. The van der Waals surface area contributed by atoms with Crippen molar-refractivity contribution in [1.82, 2.24) is 15.5 Å². The van der Waals surface area contributed by atoms with Crippen LogP contribution in [0.2, 0.25) is 0 Å². The number of hydrogen-bond acceptors (Lipinski definition) is 4. The summed E-state index contributed by atoms with van der Waals surface area (Å²) in [6, 6.07) is 10.1. The number of nitrogens with one attached hydrogen (secondary N) is 3. The Morgan fingerprint density at radius 1 is 1.03 bits per heavy atom. The molecule has 1 aromatic carbocycles. The van der Waals surface area contributed by atoms with E-state index < -0.39 is 0 Å². The summed E-state index contributed by atoms with van der Waals surface area (Å²) >= 11 is 0. The fourth-order valence-corrected chi connectivity index (χ4v) is 4.87. The van der Waals surface area contributed by atoms with Crippen LogP contribution in [0.15, 0.2) is 47.5 Å². The highest BCUT2D eigenvalue weighted by Gasteiger charge is 2.58. The molecule has 1 aromatic rings. The average Bonchev–Trinajstić information content (AvgIpc) is 3.44. The highest BCUT2D eigenvalue weighted by atomic mass is 127. The number of imide groups is 1. The maximum absolute atomic E-state index is 12.7. The summed E-state index contributed by atoms with van der Waals surface area (Å²) in [4.78, 5) is 31.5. The number of rotatable bonds is 9. The van der Waals surface area contributed by atoms with Crippen molar-refractivity contribution in [3.05, 3.63) is 42.5 Å². The number of para-hydroxylation sites is 1. The van der Waals surface area contributed by atoms with Crippen molar-refractivity contribution in [1.29, 1.82) is 0 Å². The van der Waals surface area contributed by atoms with Crippen molar-refractivity contribution < 1.29 is 9.59 Å². The highest BCUT2D eigenvalue weighted by molar-refractivity contribution is 14.0. The molecule has 31 heavy (non-hydrogen) atoms. The third-order valence-electron chi connectivity index (χ3n) is 6.24. The molecule has 4 rings (SSSR count). The van der Waals surface area contributed by atoms with Crippen molar-refractivity contribution in [2.75, 3.05) is 38.0 Å². The monoisotopic (exact) mass is 537 g/mol. The SMILES string of the molecule is CCNC(=NCCCNc1ccccc1)NCCN1C(=O)C2C3C=CC(C3)C2C1=O.I. The fourth-order valence-electron chi connectivity index (χ4n) is 4.87. The number of carbonyl (C=O) groups excluding carboxylic acids is 2. The first-order chi connectivity index (χ1) is 14.7. The Labute approximate surface area is 201 Å². The van der Waals surface area contributed by atoms with Crippen molar-refractivity contribution >= 4 is 47.4 Å². The van der Waals surface area contributed by atoms with Gasteiger partial charge in [-0.15, -0.1) is 24.0 Å². The molecule has 3 aliphatic rings. The van der Waals surface area contributed by atoms with Gasteiger partial charge < -0.3 is 16.0 Å². The van der Waals surface area contributed by atoms with Gasteiger partial charge in [-0.05, 0) is 43.7 Å². The Kier molecular flexibility index (Phi) is 8.34. The minimum Gasteiger partial charge on any atom is -0.385 e. The summed E-state index contributed by atoms with van der Waals surface area (Å²) in [6.45, 7) is 5.22. The number of amides is 2. The predicted octanol–water partition coefficient (Wildman–Crippen LogP) is 2.47. The van der Waals surface area contributed by atoms with Crippen LogP contribution in [-0.2, 0) is 9.59 Å². The normalized spacial score (nSPS) is 26.1. The zero-order valence-corrected chi connectivity index (χ0v) is 20.3. The average molecular weight is 537 g/mol. The largest absolute Gasteiger partial charge is 0.385 e. The molecule has 8 heteroatoms. The molecule has 3 N–H and O–H groups in total. The van der Waals surface area contributed by atoms with E-state index in [0.29, 0.717) is 19.6 Å². The molecule has 168 valence electrons. The maximum Gasteiger partial charge on any atom is 0.233 e. The zero-order chi connectivity index (χ0) is 20.9. The summed E-state index contributed by atoms with van der Waals surface area (Å²) in [7, 11) is 0. The molecule has 2 aliphatic carbocycles. The Bertz CT molecular complexity index is 799. The van der Waals surface area contributed by atoms with Crippen LogP contribution in [-0.4, -0.2) is 55.4 Å². The van der Waals surface area contributed by atoms with E-state index in [0.717, 1.165) is 37.6 Å². The molecule has 1 saturated carbocycles. The topological polar surface area (TPSA) is 85.8 Å². The van der Waals surface area contributed by atoms with Gasteiger partial charge in [-0.1, -0.05) is 30.4 Å². The van der Waals surface area contributed by atoms with Gasteiger partial charge in [0.1, 0.15) is 0 Å². The van der Waals surface area contributed by atoms with Crippen LogP contribution in [0, 0.1) is 23.7 Å². The van der Waals surface area contributed by atoms with E-state index in [4.69, 9.17) is 0 Å². The van der Waals surface area contributed by atoms with E-state index in [9.17, 15) is 9.59 Å². The molecule has 2 fully saturated rings. The number of nitrogens with zero attached hydrogens (tertiary/aromatic N) is 2. The number of likely N-dealkylation sites (tertiary alicyclic amines) is 1. The summed E-state index contributed by atoms with van der Waals surface area (Å²) in [6.07, 6.45) is 6.13. The van der Waals surface area contributed by atoms with Gasteiger partial charge in [0.15, 0.2) is 5.96 Å². The number of allylic oxidation sites excluding steroid dienone is 2. The number of benzene rings is 1.